The van der Waals surface area contributed by atoms with Gasteiger partial charge in [-0.25, -0.2) is 0 Å². The molecule has 0 radical (unpaired) electrons. The van der Waals surface area contributed by atoms with Crippen LogP contribution in [0.25, 0.3) is 0 Å². The van der Waals surface area contributed by atoms with Crippen molar-refractivity contribution in [3.05, 3.63) is 0 Å². The summed E-state index contributed by atoms with van der Waals surface area (Å²) in [5.74, 6) is -0.945. The highest BCUT2D eigenvalue weighted by Gasteiger charge is 2.11. The summed E-state index contributed by atoms with van der Waals surface area (Å²) in [5.41, 5.74) is 0. The van der Waals surface area contributed by atoms with Crippen molar-refractivity contribution >= 4 is 11.9 Å². The molecule has 0 aliphatic heterocycles. The molecule has 0 aromatic carbocycles. The Balaban J connectivity index is 0. The van der Waals surface area contributed by atoms with Gasteiger partial charge in [-0.2, -0.15) is 0 Å². The minimum absolute atomic E-state index is 0.0275. The second-order valence-electron chi connectivity index (χ2n) is 4.02. The number of aliphatic carboxylic acids is 1. The van der Waals surface area contributed by atoms with E-state index in [4.69, 9.17) is 9.84 Å². The van der Waals surface area contributed by atoms with Gasteiger partial charge in [0.2, 0.25) is 0 Å². The predicted octanol–water partition coefficient (Wildman–Crippen LogP) is 3.64. The quantitative estimate of drug-likeness (QED) is 0.643. The molecule has 0 bridgehead atoms. The number of rotatable bonds is 9. The van der Waals surface area contributed by atoms with Crippen LogP contribution in [0.15, 0.2) is 0 Å². The molecule has 0 saturated carbocycles. The molecular formula is C14H28O4. The molecule has 4 nitrogen and oxygen atoms in total. The molecule has 0 amide bonds. The summed E-state index contributed by atoms with van der Waals surface area (Å²) in [4.78, 5) is 21.4. The minimum atomic E-state index is -0.962. The van der Waals surface area contributed by atoms with Gasteiger partial charge in [-0.3, -0.25) is 9.59 Å². The summed E-state index contributed by atoms with van der Waals surface area (Å²) < 4.78 is 5.06. The van der Waals surface area contributed by atoms with Crippen molar-refractivity contribution in [1.82, 2.24) is 0 Å². The van der Waals surface area contributed by atoms with E-state index < -0.39 is 11.9 Å². The smallest absolute Gasteiger partial charge is 0.306 e. The van der Waals surface area contributed by atoms with Gasteiger partial charge in [-0.05, 0) is 18.8 Å². The van der Waals surface area contributed by atoms with Crippen molar-refractivity contribution in [2.45, 2.75) is 66.2 Å². The van der Waals surface area contributed by atoms with E-state index in [9.17, 15) is 9.59 Å². The van der Waals surface area contributed by atoms with Gasteiger partial charge in [0, 0.05) is 0 Å². The fourth-order valence-electron chi connectivity index (χ4n) is 1.62. The number of ether oxygens (including phenoxy) is 1. The molecule has 0 rings (SSSR count). The number of hydrogen-bond donors (Lipinski definition) is 1. The maximum atomic E-state index is 11.2. The highest BCUT2D eigenvalue weighted by Crippen LogP contribution is 2.14. The summed E-state index contributed by atoms with van der Waals surface area (Å²) in [6, 6.07) is 0. The molecule has 0 aliphatic carbocycles. The molecule has 0 saturated heterocycles. The van der Waals surface area contributed by atoms with E-state index in [0.717, 1.165) is 25.7 Å². The van der Waals surface area contributed by atoms with E-state index in [2.05, 4.69) is 13.8 Å². The van der Waals surface area contributed by atoms with Gasteiger partial charge in [0.1, 0.15) is 0 Å². The number of carboxylic acids is 1. The zero-order chi connectivity index (χ0) is 14.4. The van der Waals surface area contributed by atoms with Gasteiger partial charge < -0.3 is 9.84 Å². The van der Waals surface area contributed by atoms with E-state index in [1.807, 2.05) is 13.8 Å². The molecule has 0 fully saturated rings. The van der Waals surface area contributed by atoms with Gasteiger partial charge in [-0.1, -0.05) is 40.5 Å². The van der Waals surface area contributed by atoms with Gasteiger partial charge >= 0.3 is 11.9 Å². The lowest BCUT2D eigenvalue weighted by Crippen LogP contribution is -2.15. The van der Waals surface area contributed by atoms with Crippen LogP contribution in [0.3, 0.4) is 0 Å². The van der Waals surface area contributed by atoms with Crippen LogP contribution in [0, 0.1) is 5.92 Å². The zero-order valence-electron chi connectivity index (χ0n) is 12.2. The zero-order valence-corrected chi connectivity index (χ0v) is 12.2. The summed E-state index contributed by atoms with van der Waals surface area (Å²) >= 11 is 0. The Hall–Kier alpha value is -1.06. The average molecular weight is 260 g/mol. The largest absolute Gasteiger partial charge is 0.481 e. The van der Waals surface area contributed by atoms with Crippen LogP contribution >= 0.6 is 0 Å². The van der Waals surface area contributed by atoms with E-state index in [1.54, 1.807) is 0 Å². The van der Waals surface area contributed by atoms with Gasteiger partial charge in [0.25, 0.3) is 0 Å². The molecule has 18 heavy (non-hydrogen) atoms. The van der Waals surface area contributed by atoms with Crippen LogP contribution in [0.2, 0.25) is 0 Å². The topological polar surface area (TPSA) is 63.6 Å². The first-order valence-corrected chi connectivity index (χ1v) is 6.97. The van der Waals surface area contributed by atoms with Crippen molar-refractivity contribution in [1.29, 1.82) is 0 Å². The Morgan fingerprint density at radius 1 is 1.06 bits per heavy atom. The molecule has 0 atom stereocenters. The number of esters is 1. The summed E-state index contributed by atoms with van der Waals surface area (Å²) in [7, 11) is 0. The van der Waals surface area contributed by atoms with Crippen LogP contribution in [-0.4, -0.2) is 23.7 Å². The molecular weight excluding hydrogens is 232 g/mol. The van der Waals surface area contributed by atoms with E-state index in [1.165, 1.54) is 0 Å². The molecule has 4 heteroatoms. The Labute approximate surface area is 111 Å². The molecule has 0 aliphatic rings. The van der Waals surface area contributed by atoms with E-state index >= 15 is 0 Å². The number of carbonyl (C=O) groups is 2. The Bertz CT molecular complexity index is 208. The third-order valence-electron chi connectivity index (χ3n) is 2.42. The number of hydrogen-bond acceptors (Lipinski definition) is 3. The fourth-order valence-corrected chi connectivity index (χ4v) is 1.62. The molecule has 0 aromatic heterocycles. The lowest BCUT2D eigenvalue weighted by molar-refractivity contribution is -0.148. The Morgan fingerprint density at radius 2 is 1.56 bits per heavy atom. The third-order valence-corrected chi connectivity index (χ3v) is 2.42. The first-order valence-electron chi connectivity index (χ1n) is 6.97. The van der Waals surface area contributed by atoms with Crippen LogP contribution in [0.5, 0.6) is 0 Å². The fraction of sp³-hybridized carbons (Fsp3) is 0.857. The predicted molar refractivity (Wildman–Crippen MR) is 72.5 cm³/mol. The van der Waals surface area contributed by atoms with Gasteiger partial charge in [0.15, 0.2) is 0 Å². The second kappa shape index (κ2) is 14.0. The minimum Gasteiger partial charge on any atom is -0.481 e. The summed E-state index contributed by atoms with van der Waals surface area (Å²) in [6.45, 7) is 8.64. The Kier molecular flexibility index (Phi) is 15.0. The van der Waals surface area contributed by atoms with Crippen LogP contribution in [0.4, 0.5) is 0 Å². The van der Waals surface area contributed by atoms with Crippen molar-refractivity contribution in [3.8, 4) is 0 Å². The van der Waals surface area contributed by atoms with Gasteiger partial charge in [-0.15, -0.1) is 0 Å². The monoisotopic (exact) mass is 260 g/mol. The van der Waals surface area contributed by atoms with Crippen molar-refractivity contribution in [2.75, 3.05) is 6.61 Å². The molecule has 1 N–H and O–H groups in total. The maximum absolute atomic E-state index is 11.2. The summed E-state index contributed by atoms with van der Waals surface area (Å²) in [5, 5.41) is 8.40. The molecule has 0 spiro atoms. The van der Waals surface area contributed by atoms with E-state index in [-0.39, 0.29) is 12.8 Å². The Morgan fingerprint density at radius 3 is 1.94 bits per heavy atom. The maximum Gasteiger partial charge on any atom is 0.306 e. The first kappa shape index (κ1) is 19.3. The number of carbonyl (C=O) groups excluding carboxylic acids is 1. The molecule has 0 unspecified atom stereocenters. The normalized spacial score (nSPS) is 9.61. The first-order chi connectivity index (χ1) is 8.60. The SMILES string of the molecule is CC.CCCC(CCC)COC(=O)CCC(=O)O. The standard InChI is InChI=1S/C12H22O4.C2H6/c1-3-5-10(6-4-2)9-16-12(15)8-7-11(13)14;1-2/h10H,3-9H2,1-2H3,(H,13,14);1-2H3. The van der Waals surface area contributed by atoms with Crippen LogP contribution in [-0.2, 0) is 14.3 Å². The second-order valence-corrected chi connectivity index (χ2v) is 4.02. The van der Waals surface area contributed by atoms with Crippen molar-refractivity contribution in [3.63, 3.8) is 0 Å². The average Bonchev–Trinajstić information content (AvgIpc) is 2.36. The van der Waals surface area contributed by atoms with Gasteiger partial charge in [0.05, 0.1) is 19.4 Å². The molecule has 0 aromatic rings. The third kappa shape index (κ3) is 13.0. The number of carboxylic acid groups (broad SMARTS) is 1. The highest BCUT2D eigenvalue weighted by atomic mass is 16.5. The van der Waals surface area contributed by atoms with Crippen molar-refractivity contribution < 1.29 is 19.4 Å². The van der Waals surface area contributed by atoms with Crippen LogP contribution in [0.1, 0.15) is 66.2 Å². The van der Waals surface area contributed by atoms with Crippen molar-refractivity contribution in [2.24, 2.45) is 5.92 Å². The molecule has 0 heterocycles. The lowest BCUT2D eigenvalue weighted by Gasteiger charge is -2.14. The molecule has 108 valence electrons. The summed E-state index contributed by atoms with van der Waals surface area (Å²) in [6.07, 6.45) is 4.10. The lowest BCUT2D eigenvalue weighted by atomic mass is 9.99. The van der Waals surface area contributed by atoms with Crippen LogP contribution < -0.4 is 0 Å². The van der Waals surface area contributed by atoms with E-state index in [0.29, 0.717) is 12.5 Å². The highest BCUT2D eigenvalue weighted by molar-refractivity contribution is 5.76.